The molecule has 0 atom stereocenters. The van der Waals surface area contributed by atoms with Crippen molar-refractivity contribution >= 4 is 32.4 Å². The highest BCUT2D eigenvalue weighted by atomic mass is 32.1. The Kier molecular flexibility index (Phi) is 4.56. The van der Waals surface area contributed by atoms with E-state index in [0.717, 1.165) is 33.9 Å². The van der Waals surface area contributed by atoms with E-state index >= 15 is 0 Å². The van der Waals surface area contributed by atoms with Gasteiger partial charge in [-0.1, -0.05) is 11.2 Å². The molecule has 1 aromatic carbocycles. The summed E-state index contributed by atoms with van der Waals surface area (Å²) in [7, 11) is 0. The quantitative estimate of drug-likeness (QED) is 0.412. The van der Waals surface area contributed by atoms with Crippen LogP contribution < -0.4 is 5.36 Å². The number of thiophene rings is 1. The third-order valence-electron chi connectivity index (χ3n) is 4.87. The van der Waals surface area contributed by atoms with E-state index in [1.165, 1.54) is 0 Å². The number of fused-ring (bicyclic) bond motifs is 2. The molecule has 0 unspecified atom stereocenters. The molecule has 0 radical (unpaired) electrons. The molecule has 5 rings (SSSR count). The summed E-state index contributed by atoms with van der Waals surface area (Å²) in [4.78, 5) is 4.48. The van der Waals surface area contributed by atoms with Crippen molar-refractivity contribution in [1.82, 2.24) is 4.98 Å². The molecule has 0 spiro atoms. The van der Waals surface area contributed by atoms with Gasteiger partial charge in [-0.25, -0.2) is 0 Å². The van der Waals surface area contributed by atoms with Gasteiger partial charge in [-0.05, 0) is 41.6 Å². The van der Waals surface area contributed by atoms with Gasteiger partial charge in [-0.3, -0.25) is 4.98 Å². The second-order valence-corrected chi connectivity index (χ2v) is 7.61. The summed E-state index contributed by atoms with van der Waals surface area (Å²) >= 11 is 1.65. The minimum atomic E-state index is -0.136. The Bertz CT molecular complexity index is 1210. The third kappa shape index (κ3) is 3.28. The first kappa shape index (κ1) is 17.4. The highest BCUT2D eigenvalue weighted by molar-refractivity contribution is 7.17. The predicted molar refractivity (Wildman–Crippen MR) is 106 cm³/mol. The average Bonchev–Trinajstić information content (AvgIpc) is 3.42. The molecular formula is C21H18N2O4S. The van der Waals surface area contributed by atoms with E-state index < -0.39 is 0 Å². The zero-order valence-corrected chi connectivity index (χ0v) is 15.8. The maximum absolute atomic E-state index is 9.56. The van der Waals surface area contributed by atoms with Crippen molar-refractivity contribution in [2.24, 2.45) is 5.16 Å². The van der Waals surface area contributed by atoms with Gasteiger partial charge in [-0.15, -0.1) is 11.3 Å². The molecule has 0 aliphatic carbocycles. The van der Waals surface area contributed by atoms with E-state index in [0.29, 0.717) is 35.6 Å². The van der Waals surface area contributed by atoms with Gasteiger partial charge in [0.15, 0.2) is 12.1 Å². The molecule has 0 amide bonds. The van der Waals surface area contributed by atoms with Crippen molar-refractivity contribution in [3.63, 3.8) is 0 Å². The van der Waals surface area contributed by atoms with Crippen LogP contribution in [0.15, 0.2) is 57.5 Å². The number of rotatable bonds is 4. The maximum Gasteiger partial charge on any atom is 0.158 e. The van der Waals surface area contributed by atoms with Crippen molar-refractivity contribution in [3.8, 4) is 11.5 Å². The minimum Gasteiger partial charge on any atom is -0.454 e. The van der Waals surface area contributed by atoms with Crippen molar-refractivity contribution in [3.05, 3.63) is 58.9 Å². The van der Waals surface area contributed by atoms with Crippen LogP contribution in [0.25, 0.3) is 32.5 Å². The summed E-state index contributed by atoms with van der Waals surface area (Å²) in [6, 6.07) is 11.7. The van der Waals surface area contributed by atoms with Gasteiger partial charge in [0.1, 0.15) is 16.6 Å². The molecule has 0 saturated carbocycles. The van der Waals surface area contributed by atoms with Gasteiger partial charge in [0.2, 0.25) is 0 Å². The summed E-state index contributed by atoms with van der Waals surface area (Å²) in [6.45, 7) is 1.31. The topological polar surface area (TPSA) is 77.1 Å². The fraction of sp³-hybridized carbons (Fsp3) is 0.238. The molecule has 6 nitrogen and oxygen atoms in total. The van der Waals surface area contributed by atoms with E-state index in [2.05, 4.69) is 10.1 Å². The number of hydrogen-bond acceptors (Lipinski definition) is 7. The number of benzene rings is 1. The van der Waals surface area contributed by atoms with E-state index in [-0.39, 0.29) is 6.29 Å². The smallest absolute Gasteiger partial charge is 0.158 e. The first-order chi connectivity index (χ1) is 13.8. The van der Waals surface area contributed by atoms with Crippen LogP contribution in [0.5, 0.6) is 0 Å². The highest BCUT2D eigenvalue weighted by Gasteiger charge is 2.16. The standard InChI is InChI=1S/C21H18N2O4S/c24-23-16-10-19(17-11-20-14(12-22-17)5-8-28-20)27-18-3-1-13(9-15(16)18)2-4-21-25-6-7-26-21/h1,3,5,8-12,21,24H,2,4,6-7H2/b23-16-. The molecule has 142 valence electrons. The Hall–Kier alpha value is -2.74. The summed E-state index contributed by atoms with van der Waals surface area (Å²) in [5, 5.41) is 17.4. The molecular weight excluding hydrogens is 376 g/mol. The molecule has 4 heterocycles. The lowest BCUT2D eigenvalue weighted by Crippen LogP contribution is -2.09. The minimum absolute atomic E-state index is 0.136. The average molecular weight is 394 g/mol. The van der Waals surface area contributed by atoms with E-state index in [9.17, 15) is 5.21 Å². The van der Waals surface area contributed by atoms with Crippen LogP contribution in [0.4, 0.5) is 0 Å². The molecule has 1 aliphatic rings. The highest BCUT2D eigenvalue weighted by Crippen LogP contribution is 2.27. The van der Waals surface area contributed by atoms with Crippen molar-refractivity contribution in [2.75, 3.05) is 13.2 Å². The number of aromatic nitrogens is 1. The van der Waals surface area contributed by atoms with Crippen LogP contribution in [0.1, 0.15) is 12.0 Å². The van der Waals surface area contributed by atoms with Gasteiger partial charge in [-0.2, -0.15) is 0 Å². The molecule has 4 aromatic rings. The maximum atomic E-state index is 9.56. The monoisotopic (exact) mass is 394 g/mol. The van der Waals surface area contributed by atoms with Crippen molar-refractivity contribution in [2.45, 2.75) is 19.1 Å². The molecule has 1 N–H and O–H groups in total. The number of aryl methyl sites for hydroxylation is 1. The molecule has 3 aromatic heterocycles. The zero-order chi connectivity index (χ0) is 18.9. The van der Waals surface area contributed by atoms with E-state index in [1.807, 2.05) is 41.9 Å². The second-order valence-electron chi connectivity index (χ2n) is 6.66. The zero-order valence-electron chi connectivity index (χ0n) is 15.0. The number of ether oxygens (including phenoxy) is 2. The van der Waals surface area contributed by atoms with Gasteiger partial charge in [0, 0.05) is 34.2 Å². The second kappa shape index (κ2) is 7.35. The lowest BCUT2D eigenvalue weighted by molar-refractivity contribution is -0.0461. The third-order valence-corrected chi connectivity index (χ3v) is 5.74. The molecule has 1 fully saturated rings. The first-order valence-electron chi connectivity index (χ1n) is 9.12. The number of nitrogens with zero attached hydrogens (tertiary/aromatic N) is 2. The Balaban J connectivity index is 1.51. The fourth-order valence-electron chi connectivity index (χ4n) is 3.43. The predicted octanol–water partition coefficient (Wildman–Crippen LogP) is 4.30. The van der Waals surface area contributed by atoms with Gasteiger partial charge < -0.3 is 19.1 Å². The summed E-state index contributed by atoms with van der Waals surface area (Å²) in [5.41, 5.74) is 2.47. The van der Waals surface area contributed by atoms with Gasteiger partial charge in [0.05, 0.1) is 13.2 Å². The van der Waals surface area contributed by atoms with Crippen LogP contribution in [-0.2, 0) is 15.9 Å². The van der Waals surface area contributed by atoms with Crippen molar-refractivity contribution in [1.29, 1.82) is 0 Å². The lowest BCUT2D eigenvalue weighted by atomic mass is 10.1. The van der Waals surface area contributed by atoms with Gasteiger partial charge in [0.25, 0.3) is 0 Å². The molecule has 1 saturated heterocycles. The molecule has 1 aliphatic heterocycles. The van der Waals surface area contributed by atoms with Crippen LogP contribution in [0.3, 0.4) is 0 Å². The summed E-state index contributed by atoms with van der Waals surface area (Å²) in [5.74, 6) is 0.566. The van der Waals surface area contributed by atoms with Crippen LogP contribution in [0, 0.1) is 0 Å². The largest absolute Gasteiger partial charge is 0.454 e. The van der Waals surface area contributed by atoms with Crippen molar-refractivity contribution < 1.29 is 19.1 Å². The molecule has 28 heavy (non-hydrogen) atoms. The SMILES string of the molecule is O/N=c1/cc(-c2cc3sccc3cn2)oc2ccc(CCC3OCCO3)cc12. The Morgan fingerprint density at radius 3 is 2.89 bits per heavy atom. The van der Waals surface area contributed by atoms with Crippen LogP contribution in [-0.4, -0.2) is 29.7 Å². The van der Waals surface area contributed by atoms with Crippen LogP contribution in [0.2, 0.25) is 0 Å². The normalized spacial score (nSPS) is 15.8. The lowest BCUT2D eigenvalue weighted by Gasteiger charge is -2.09. The Labute approximate surface area is 164 Å². The summed E-state index contributed by atoms with van der Waals surface area (Å²) < 4.78 is 18.2. The first-order valence-corrected chi connectivity index (χ1v) is 10.00. The Morgan fingerprint density at radius 2 is 2.04 bits per heavy atom. The fourth-order valence-corrected chi connectivity index (χ4v) is 4.23. The van der Waals surface area contributed by atoms with Crippen LogP contribution >= 0.6 is 11.3 Å². The molecule has 7 heteroatoms. The number of hydrogen-bond donors (Lipinski definition) is 1. The Morgan fingerprint density at radius 1 is 1.14 bits per heavy atom. The number of pyridine rings is 1. The van der Waals surface area contributed by atoms with Gasteiger partial charge >= 0.3 is 0 Å². The van der Waals surface area contributed by atoms with E-state index in [4.69, 9.17) is 13.9 Å². The molecule has 0 bridgehead atoms. The van der Waals surface area contributed by atoms with E-state index in [1.54, 1.807) is 17.4 Å². The summed E-state index contributed by atoms with van der Waals surface area (Å²) in [6.07, 6.45) is 3.29.